The molecule has 6 heteroatoms. The van der Waals surface area contributed by atoms with E-state index in [2.05, 4.69) is 33.3 Å². The van der Waals surface area contributed by atoms with E-state index >= 15 is 0 Å². The molecule has 0 unspecified atom stereocenters. The molecule has 0 fully saturated rings. The molecule has 138 valence electrons. The van der Waals surface area contributed by atoms with Gasteiger partial charge < -0.3 is 16.8 Å². The lowest BCUT2D eigenvalue weighted by molar-refractivity contribution is 0.937. The monoisotopic (exact) mass is 360 g/mol. The maximum Gasteiger partial charge on any atom is 0.150 e. The number of anilines is 2. The number of hydrogen-bond donors (Lipinski definition) is 3. The molecule has 0 amide bonds. The number of nitrogens with two attached hydrogens (primary N) is 2. The molecule has 0 aliphatic rings. The van der Waals surface area contributed by atoms with E-state index in [9.17, 15) is 0 Å². The Labute approximate surface area is 159 Å². The molecule has 5 N–H and O–H groups in total. The molecule has 0 spiro atoms. The van der Waals surface area contributed by atoms with Gasteiger partial charge >= 0.3 is 0 Å². The fourth-order valence-electron chi connectivity index (χ4n) is 2.68. The summed E-state index contributed by atoms with van der Waals surface area (Å²) in [6, 6.07) is 13.8. The zero-order valence-electron chi connectivity index (χ0n) is 15.4. The van der Waals surface area contributed by atoms with Gasteiger partial charge in [-0.15, -0.1) is 0 Å². The number of rotatable bonds is 7. The van der Waals surface area contributed by atoms with Crippen LogP contribution in [0.5, 0.6) is 0 Å². The third kappa shape index (κ3) is 4.61. The van der Waals surface area contributed by atoms with Crippen LogP contribution in [0.1, 0.15) is 24.6 Å². The summed E-state index contributed by atoms with van der Waals surface area (Å²) in [5.41, 5.74) is 16.0. The molecule has 0 saturated heterocycles. The molecule has 2 heterocycles. The van der Waals surface area contributed by atoms with E-state index in [1.165, 1.54) is 6.20 Å². The molecule has 0 atom stereocenters. The molecular formula is C21H24N6. The van der Waals surface area contributed by atoms with Crippen LogP contribution in [0.25, 0.3) is 16.5 Å². The van der Waals surface area contributed by atoms with Gasteiger partial charge in [0.25, 0.3) is 0 Å². The largest absolute Gasteiger partial charge is 0.404 e. The molecule has 6 nitrogen and oxygen atoms in total. The number of pyridine rings is 2. The third-order valence-corrected chi connectivity index (χ3v) is 4.11. The minimum atomic E-state index is 0.586. The Morgan fingerprint density at radius 1 is 1.22 bits per heavy atom. The van der Waals surface area contributed by atoms with Gasteiger partial charge in [-0.05, 0) is 42.3 Å². The standard InChI is InChI=1S/C21H24N6/c1-2-9-24-14-17(12-22)20-8-6-18(23)21(27-20)26-13-15-5-7-19-16(11-15)4-3-10-25-19/h3-8,10-12,14H,2,9,13,22-23H2,1H3,(H,26,27). The average molecular weight is 360 g/mol. The van der Waals surface area contributed by atoms with Crippen molar-refractivity contribution in [3.8, 4) is 0 Å². The van der Waals surface area contributed by atoms with Gasteiger partial charge in [-0.25, -0.2) is 4.98 Å². The molecule has 3 aromatic rings. The fraction of sp³-hybridized carbons (Fsp3) is 0.190. The minimum Gasteiger partial charge on any atom is -0.404 e. The topological polar surface area (TPSA) is 102 Å². The number of allylic oxidation sites excluding steroid dienone is 1. The van der Waals surface area contributed by atoms with E-state index in [4.69, 9.17) is 11.5 Å². The van der Waals surface area contributed by atoms with Crippen LogP contribution in [0.2, 0.25) is 0 Å². The van der Waals surface area contributed by atoms with Gasteiger partial charge in [0.2, 0.25) is 0 Å². The van der Waals surface area contributed by atoms with Gasteiger partial charge in [0.15, 0.2) is 0 Å². The number of nitrogen functional groups attached to an aromatic ring is 1. The van der Waals surface area contributed by atoms with Crippen molar-refractivity contribution in [2.45, 2.75) is 19.9 Å². The second-order valence-corrected chi connectivity index (χ2v) is 6.18. The smallest absolute Gasteiger partial charge is 0.150 e. The number of aromatic nitrogens is 2. The number of fused-ring (bicyclic) bond motifs is 1. The van der Waals surface area contributed by atoms with Crippen molar-refractivity contribution in [1.82, 2.24) is 9.97 Å². The van der Waals surface area contributed by atoms with E-state index in [0.29, 0.717) is 18.1 Å². The lowest BCUT2D eigenvalue weighted by Gasteiger charge is -2.11. The van der Waals surface area contributed by atoms with Gasteiger partial charge in [0.1, 0.15) is 5.82 Å². The van der Waals surface area contributed by atoms with Crippen LogP contribution in [-0.2, 0) is 6.54 Å². The van der Waals surface area contributed by atoms with Crippen molar-refractivity contribution in [3.63, 3.8) is 0 Å². The van der Waals surface area contributed by atoms with Crippen molar-refractivity contribution in [1.29, 1.82) is 0 Å². The first-order valence-corrected chi connectivity index (χ1v) is 8.97. The van der Waals surface area contributed by atoms with Crippen LogP contribution in [0.4, 0.5) is 11.5 Å². The van der Waals surface area contributed by atoms with Crippen LogP contribution in [-0.4, -0.2) is 22.7 Å². The average Bonchev–Trinajstić information content (AvgIpc) is 2.71. The van der Waals surface area contributed by atoms with Crippen molar-refractivity contribution in [2.24, 2.45) is 10.7 Å². The Morgan fingerprint density at radius 3 is 2.93 bits per heavy atom. The van der Waals surface area contributed by atoms with Gasteiger partial charge in [-0.3, -0.25) is 9.98 Å². The first-order chi connectivity index (χ1) is 13.2. The van der Waals surface area contributed by atoms with Crippen LogP contribution in [0, 0.1) is 0 Å². The molecule has 0 bridgehead atoms. The number of aliphatic imine (C=N–C) groups is 1. The molecular weight excluding hydrogens is 336 g/mol. The molecule has 0 saturated carbocycles. The van der Waals surface area contributed by atoms with Crippen LogP contribution >= 0.6 is 0 Å². The number of benzene rings is 1. The molecule has 0 aliphatic carbocycles. The quantitative estimate of drug-likeness (QED) is 0.559. The first kappa shape index (κ1) is 18.4. The third-order valence-electron chi connectivity index (χ3n) is 4.11. The zero-order chi connectivity index (χ0) is 19.1. The summed E-state index contributed by atoms with van der Waals surface area (Å²) in [6.45, 7) is 3.45. The Hall–Kier alpha value is -3.41. The lowest BCUT2D eigenvalue weighted by atomic mass is 10.1. The molecule has 3 rings (SSSR count). The summed E-state index contributed by atoms with van der Waals surface area (Å²) >= 11 is 0. The van der Waals surface area contributed by atoms with Crippen LogP contribution < -0.4 is 16.8 Å². The summed E-state index contributed by atoms with van der Waals surface area (Å²) < 4.78 is 0. The van der Waals surface area contributed by atoms with Crippen LogP contribution in [0.3, 0.4) is 0 Å². The highest BCUT2D eigenvalue weighted by atomic mass is 15.0. The van der Waals surface area contributed by atoms with E-state index in [1.54, 1.807) is 12.4 Å². The summed E-state index contributed by atoms with van der Waals surface area (Å²) in [5.74, 6) is 0.627. The highest BCUT2D eigenvalue weighted by molar-refractivity contribution is 6.09. The van der Waals surface area contributed by atoms with E-state index < -0.39 is 0 Å². The molecule has 1 aromatic carbocycles. The fourth-order valence-corrected chi connectivity index (χ4v) is 2.68. The minimum absolute atomic E-state index is 0.586. The van der Waals surface area contributed by atoms with Gasteiger partial charge in [0.05, 0.1) is 16.9 Å². The number of nitrogens with one attached hydrogen (secondary N) is 1. The van der Waals surface area contributed by atoms with Crippen molar-refractivity contribution >= 4 is 34.2 Å². The SMILES string of the molecule is CCCN=CC(=CN)c1ccc(N)c(NCc2ccc3ncccc3c2)n1. The molecule has 0 aliphatic heterocycles. The second kappa shape index (κ2) is 8.80. The van der Waals surface area contributed by atoms with Gasteiger partial charge in [-0.2, -0.15) is 0 Å². The van der Waals surface area contributed by atoms with Crippen molar-refractivity contribution in [3.05, 3.63) is 66.1 Å². The van der Waals surface area contributed by atoms with Gasteiger partial charge in [0, 0.05) is 42.7 Å². The summed E-state index contributed by atoms with van der Waals surface area (Å²) in [4.78, 5) is 13.3. The molecule has 2 aromatic heterocycles. The van der Waals surface area contributed by atoms with Crippen molar-refractivity contribution < 1.29 is 0 Å². The second-order valence-electron chi connectivity index (χ2n) is 6.18. The van der Waals surface area contributed by atoms with Crippen LogP contribution in [0.15, 0.2) is 59.9 Å². The predicted octanol–water partition coefficient (Wildman–Crippen LogP) is 3.60. The molecule has 0 radical (unpaired) electrons. The number of nitrogens with zero attached hydrogens (tertiary/aromatic N) is 3. The Balaban J connectivity index is 1.77. The predicted molar refractivity (Wildman–Crippen MR) is 114 cm³/mol. The molecule has 27 heavy (non-hydrogen) atoms. The van der Waals surface area contributed by atoms with Crippen molar-refractivity contribution in [2.75, 3.05) is 17.6 Å². The summed E-state index contributed by atoms with van der Waals surface area (Å²) in [5, 5.41) is 4.42. The lowest BCUT2D eigenvalue weighted by Crippen LogP contribution is -2.07. The number of hydrogen-bond acceptors (Lipinski definition) is 6. The first-order valence-electron chi connectivity index (χ1n) is 8.97. The van der Waals surface area contributed by atoms with E-state index in [1.807, 2.05) is 36.4 Å². The Bertz CT molecular complexity index is 977. The maximum atomic E-state index is 6.09. The van der Waals surface area contributed by atoms with Gasteiger partial charge in [-0.1, -0.05) is 19.1 Å². The summed E-state index contributed by atoms with van der Waals surface area (Å²) in [7, 11) is 0. The Kier molecular flexibility index (Phi) is 5.99. The summed E-state index contributed by atoms with van der Waals surface area (Å²) in [6.07, 6.45) is 6.04. The Morgan fingerprint density at radius 2 is 2.11 bits per heavy atom. The highest BCUT2D eigenvalue weighted by Gasteiger charge is 2.06. The maximum absolute atomic E-state index is 6.09. The van der Waals surface area contributed by atoms with E-state index in [-0.39, 0.29) is 0 Å². The highest BCUT2D eigenvalue weighted by Crippen LogP contribution is 2.21. The normalized spacial score (nSPS) is 12.0. The zero-order valence-corrected chi connectivity index (χ0v) is 15.4. The van der Waals surface area contributed by atoms with E-state index in [0.717, 1.165) is 40.7 Å².